The van der Waals surface area contributed by atoms with Gasteiger partial charge in [0, 0.05) is 27.0 Å². The number of nitrogens with two attached hydrogens (primary N) is 1. The summed E-state index contributed by atoms with van der Waals surface area (Å²) >= 11 is 5.17. The molecule has 5 heteroatoms. The number of carbonyl (C=O) groups is 1. The van der Waals surface area contributed by atoms with E-state index in [0.717, 1.165) is 11.0 Å². The third-order valence-corrected chi connectivity index (χ3v) is 4.87. The van der Waals surface area contributed by atoms with Crippen LogP contribution in [0.2, 0.25) is 0 Å². The molecular formula is C12H15BrN2OS. The first-order valence-corrected chi connectivity index (χ1v) is 7.46. The molecule has 2 rings (SSSR count). The van der Waals surface area contributed by atoms with Gasteiger partial charge in [0.05, 0.1) is 0 Å². The molecule has 1 aliphatic carbocycles. The van der Waals surface area contributed by atoms with Gasteiger partial charge in [-0.2, -0.15) is 11.8 Å². The van der Waals surface area contributed by atoms with Gasteiger partial charge in [-0.25, -0.2) is 0 Å². The van der Waals surface area contributed by atoms with Crippen molar-refractivity contribution in [2.75, 3.05) is 18.5 Å². The maximum absolute atomic E-state index is 11.9. The zero-order valence-electron chi connectivity index (χ0n) is 9.63. The Labute approximate surface area is 114 Å². The maximum Gasteiger partial charge on any atom is 0.251 e. The van der Waals surface area contributed by atoms with Crippen molar-refractivity contribution in [3.63, 3.8) is 0 Å². The number of benzene rings is 1. The van der Waals surface area contributed by atoms with Crippen LogP contribution in [0.15, 0.2) is 22.7 Å². The molecule has 1 aliphatic rings. The molecule has 0 atom stereocenters. The van der Waals surface area contributed by atoms with E-state index in [-0.39, 0.29) is 10.7 Å². The molecule has 0 unspecified atom stereocenters. The van der Waals surface area contributed by atoms with E-state index in [2.05, 4.69) is 27.5 Å². The maximum atomic E-state index is 11.9. The van der Waals surface area contributed by atoms with Crippen LogP contribution < -0.4 is 11.1 Å². The number of nitrogens with one attached hydrogen (secondary N) is 1. The quantitative estimate of drug-likeness (QED) is 0.840. The van der Waals surface area contributed by atoms with Crippen molar-refractivity contribution >= 4 is 39.3 Å². The lowest BCUT2D eigenvalue weighted by Crippen LogP contribution is -2.31. The van der Waals surface area contributed by atoms with Gasteiger partial charge in [-0.05, 0) is 37.3 Å². The number of carbonyl (C=O) groups excluding carboxylic acids is 1. The summed E-state index contributed by atoms with van der Waals surface area (Å²) in [6.45, 7) is 0.736. The molecule has 0 spiro atoms. The Morgan fingerprint density at radius 1 is 1.53 bits per heavy atom. The highest BCUT2D eigenvalue weighted by Crippen LogP contribution is 2.46. The minimum Gasteiger partial charge on any atom is -0.399 e. The van der Waals surface area contributed by atoms with E-state index in [1.807, 2.05) is 11.8 Å². The lowest BCUT2D eigenvalue weighted by molar-refractivity contribution is 0.0953. The van der Waals surface area contributed by atoms with Crippen LogP contribution in [0.4, 0.5) is 5.69 Å². The summed E-state index contributed by atoms with van der Waals surface area (Å²) < 4.78 is 1.11. The average Bonchev–Trinajstić information content (AvgIpc) is 3.05. The van der Waals surface area contributed by atoms with Crippen molar-refractivity contribution in [1.82, 2.24) is 5.32 Å². The van der Waals surface area contributed by atoms with Crippen LogP contribution in [0, 0.1) is 0 Å². The first kappa shape index (κ1) is 12.8. The monoisotopic (exact) mass is 314 g/mol. The standard InChI is InChI=1S/C12H15BrN2OS/c1-17-12(2-3-12)7-15-11(16)8-4-9(13)6-10(14)5-8/h4-6H,2-3,7,14H2,1H3,(H,15,16). The molecule has 0 aromatic heterocycles. The van der Waals surface area contributed by atoms with Gasteiger partial charge in [0.25, 0.3) is 5.91 Å². The number of halogens is 1. The van der Waals surface area contributed by atoms with Crippen molar-refractivity contribution in [3.05, 3.63) is 28.2 Å². The minimum absolute atomic E-state index is 0.0571. The molecule has 17 heavy (non-hydrogen) atoms. The third kappa shape index (κ3) is 3.16. The van der Waals surface area contributed by atoms with Crippen LogP contribution in [0.25, 0.3) is 0 Å². The zero-order valence-corrected chi connectivity index (χ0v) is 12.0. The van der Waals surface area contributed by atoms with Crippen molar-refractivity contribution in [3.8, 4) is 0 Å². The number of amides is 1. The minimum atomic E-state index is -0.0571. The Morgan fingerprint density at radius 3 is 2.76 bits per heavy atom. The van der Waals surface area contributed by atoms with Gasteiger partial charge in [-0.1, -0.05) is 15.9 Å². The van der Waals surface area contributed by atoms with Crippen LogP contribution >= 0.6 is 27.7 Å². The summed E-state index contributed by atoms with van der Waals surface area (Å²) in [5.74, 6) is -0.0571. The van der Waals surface area contributed by atoms with Crippen LogP contribution in [0.3, 0.4) is 0 Å². The number of rotatable bonds is 4. The van der Waals surface area contributed by atoms with Gasteiger partial charge in [-0.15, -0.1) is 0 Å². The van der Waals surface area contributed by atoms with Gasteiger partial charge < -0.3 is 11.1 Å². The predicted molar refractivity (Wildman–Crippen MR) is 76.4 cm³/mol. The first-order chi connectivity index (χ1) is 8.04. The molecule has 0 bridgehead atoms. The third-order valence-electron chi connectivity index (χ3n) is 2.99. The van der Waals surface area contributed by atoms with Crippen LogP contribution in [0.1, 0.15) is 23.2 Å². The smallest absolute Gasteiger partial charge is 0.251 e. The fourth-order valence-electron chi connectivity index (χ4n) is 1.68. The molecule has 0 aliphatic heterocycles. The number of hydrogen-bond acceptors (Lipinski definition) is 3. The summed E-state index contributed by atoms with van der Waals surface area (Å²) in [7, 11) is 0. The largest absolute Gasteiger partial charge is 0.399 e. The van der Waals surface area contributed by atoms with Gasteiger partial charge in [-0.3, -0.25) is 4.79 Å². The van der Waals surface area contributed by atoms with E-state index < -0.39 is 0 Å². The second-order valence-electron chi connectivity index (χ2n) is 4.34. The molecule has 0 heterocycles. The van der Waals surface area contributed by atoms with Crippen molar-refractivity contribution in [1.29, 1.82) is 0 Å². The van der Waals surface area contributed by atoms with E-state index in [1.54, 1.807) is 18.2 Å². The van der Waals surface area contributed by atoms with Gasteiger partial charge in [0.15, 0.2) is 0 Å². The highest BCUT2D eigenvalue weighted by atomic mass is 79.9. The SMILES string of the molecule is CSC1(CNC(=O)c2cc(N)cc(Br)c2)CC1. The lowest BCUT2D eigenvalue weighted by Gasteiger charge is -2.13. The lowest BCUT2D eigenvalue weighted by atomic mass is 10.2. The van der Waals surface area contributed by atoms with Crippen molar-refractivity contribution in [2.24, 2.45) is 0 Å². The summed E-state index contributed by atoms with van der Waals surface area (Å²) in [5.41, 5.74) is 6.90. The second kappa shape index (κ2) is 4.90. The number of thioether (sulfide) groups is 1. The summed E-state index contributed by atoms with van der Waals surface area (Å²) in [6, 6.07) is 5.25. The molecule has 3 nitrogen and oxygen atoms in total. The fraction of sp³-hybridized carbons (Fsp3) is 0.417. The second-order valence-corrected chi connectivity index (χ2v) is 6.53. The Balaban J connectivity index is 1.99. The Hall–Kier alpha value is -0.680. The number of nitrogen functional groups attached to an aromatic ring is 1. The Kier molecular flexibility index (Phi) is 3.68. The molecule has 3 N–H and O–H groups in total. The van der Waals surface area contributed by atoms with E-state index >= 15 is 0 Å². The van der Waals surface area contributed by atoms with Crippen LogP contribution in [-0.4, -0.2) is 23.5 Å². The zero-order chi connectivity index (χ0) is 12.5. The summed E-state index contributed by atoms with van der Waals surface area (Å²) in [6.07, 6.45) is 4.47. The Morgan fingerprint density at radius 2 is 2.24 bits per heavy atom. The van der Waals surface area contributed by atoms with E-state index in [9.17, 15) is 4.79 Å². The molecule has 92 valence electrons. The van der Waals surface area contributed by atoms with Gasteiger partial charge in [0.1, 0.15) is 0 Å². The molecule has 1 amide bonds. The van der Waals surface area contributed by atoms with Crippen molar-refractivity contribution in [2.45, 2.75) is 17.6 Å². The van der Waals surface area contributed by atoms with Gasteiger partial charge >= 0.3 is 0 Å². The van der Waals surface area contributed by atoms with Crippen LogP contribution in [-0.2, 0) is 0 Å². The molecule has 1 aromatic carbocycles. The topological polar surface area (TPSA) is 55.1 Å². The van der Waals surface area contributed by atoms with E-state index in [4.69, 9.17) is 5.73 Å². The van der Waals surface area contributed by atoms with E-state index in [1.165, 1.54) is 12.8 Å². The van der Waals surface area contributed by atoms with Crippen molar-refractivity contribution < 1.29 is 4.79 Å². The molecular weight excluding hydrogens is 300 g/mol. The molecule has 0 radical (unpaired) electrons. The first-order valence-electron chi connectivity index (χ1n) is 5.44. The van der Waals surface area contributed by atoms with Crippen LogP contribution in [0.5, 0.6) is 0 Å². The number of anilines is 1. The summed E-state index contributed by atoms with van der Waals surface area (Å²) in [4.78, 5) is 11.9. The Bertz CT molecular complexity index is 426. The molecule has 0 saturated heterocycles. The molecule has 1 saturated carbocycles. The molecule has 1 fully saturated rings. The van der Waals surface area contributed by atoms with Gasteiger partial charge in [0.2, 0.25) is 0 Å². The average molecular weight is 315 g/mol. The fourth-order valence-corrected chi connectivity index (χ4v) is 2.92. The summed E-state index contributed by atoms with van der Waals surface area (Å²) in [5, 5.41) is 2.97. The van der Waals surface area contributed by atoms with E-state index in [0.29, 0.717) is 11.3 Å². The highest BCUT2D eigenvalue weighted by Gasteiger charge is 2.41. The predicted octanol–water partition coefficient (Wildman–Crippen LogP) is 2.66. The highest BCUT2D eigenvalue weighted by molar-refractivity contribution is 9.10. The number of hydrogen-bond donors (Lipinski definition) is 2. The molecule has 1 aromatic rings. The normalized spacial score (nSPS) is 16.6.